The van der Waals surface area contributed by atoms with E-state index < -0.39 is 0 Å². The fourth-order valence-electron chi connectivity index (χ4n) is 5.00. The molecule has 0 radical (unpaired) electrons. The van der Waals surface area contributed by atoms with Crippen LogP contribution < -0.4 is 4.90 Å². The summed E-state index contributed by atoms with van der Waals surface area (Å²) in [5.74, 6) is 0. The van der Waals surface area contributed by atoms with Crippen LogP contribution in [0.5, 0.6) is 0 Å². The van der Waals surface area contributed by atoms with E-state index in [0.717, 1.165) is 60.4 Å². The normalized spacial score (nSPS) is 11.0. The van der Waals surface area contributed by atoms with E-state index in [1.807, 2.05) is 24.3 Å². The molecular formula is C36H25N3S. The summed E-state index contributed by atoms with van der Waals surface area (Å²) in [4.78, 5) is 13.4. The number of rotatable bonds is 6. The zero-order valence-electron chi connectivity index (χ0n) is 21.7. The van der Waals surface area contributed by atoms with Crippen LogP contribution in [0.3, 0.4) is 0 Å². The fraction of sp³-hybridized carbons (Fsp3) is 0. The van der Waals surface area contributed by atoms with E-state index in [1.165, 1.54) is 0 Å². The first-order valence-corrected chi connectivity index (χ1v) is 14.1. The maximum Gasteiger partial charge on any atom is 0.144 e. The summed E-state index contributed by atoms with van der Waals surface area (Å²) in [5.41, 5.74) is 9.63. The number of anilines is 3. The highest BCUT2D eigenvalue weighted by Crippen LogP contribution is 2.39. The summed E-state index contributed by atoms with van der Waals surface area (Å²) >= 11 is 1.63. The van der Waals surface area contributed by atoms with Gasteiger partial charge in [-0.25, -0.2) is 9.97 Å². The topological polar surface area (TPSA) is 29.0 Å². The number of pyridine rings is 1. The zero-order chi connectivity index (χ0) is 26.7. The first-order valence-electron chi connectivity index (χ1n) is 13.3. The first kappa shape index (κ1) is 24.0. The van der Waals surface area contributed by atoms with Gasteiger partial charge in [0, 0.05) is 33.8 Å². The molecule has 2 aromatic heterocycles. The Morgan fingerprint density at radius 3 is 1.52 bits per heavy atom. The van der Waals surface area contributed by atoms with E-state index in [-0.39, 0.29) is 0 Å². The van der Waals surface area contributed by atoms with Gasteiger partial charge < -0.3 is 4.90 Å². The minimum Gasteiger partial charge on any atom is -0.311 e. The summed E-state index contributed by atoms with van der Waals surface area (Å²) in [6.45, 7) is 0. The van der Waals surface area contributed by atoms with Gasteiger partial charge in [0.2, 0.25) is 0 Å². The molecule has 5 aromatic carbocycles. The standard InChI is InChI=1S/C36H25N3S/c1-5-13-26(14-6-1)32-25-33-36(38-34(32)27-15-7-2-8-16-27)40-35(37-33)28-21-23-31(24-22-28)39(29-17-9-3-10-18-29)30-19-11-4-12-20-30/h1-25H. The van der Waals surface area contributed by atoms with Crippen molar-refractivity contribution in [3.8, 4) is 33.0 Å². The SMILES string of the molecule is c1ccc(-c2cc3nc(-c4ccc(N(c5ccccc5)c5ccccc5)cc4)sc3nc2-c2ccccc2)cc1. The van der Waals surface area contributed by atoms with Gasteiger partial charge in [-0.1, -0.05) is 108 Å². The summed E-state index contributed by atoms with van der Waals surface area (Å²) in [6.07, 6.45) is 0. The molecule has 0 saturated heterocycles. The second-order valence-electron chi connectivity index (χ2n) is 9.51. The van der Waals surface area contributed by atoms with Crippen LogP contribution >= 0.6 is 11.3 Å². The third-order valence-electron chi connectivity index (χ3n) is 6.92. The Hall–Kier alpha value is -5.06. The molecule has 40 heavy (non-hydrogen) atoms. The van der Waals surface area contributed by atoms with Gasteiger partial charge >= 0.3 is 0 Å². The quantitative estimate of drug-likeness (QED) is 0.214. The Morgan fingerprint density at radius 2 is 0.950 bits per heavy atom. The Morgan fingerprint density at radius 1 is 0.450 bits per heavy atom. The molecule has 0 aliphatic carbocycles. The van der Waals surface area contributed by atoms with Gasteiger partial charge in [0.1, 0.15) is 15.4 Å². The lowest BCUT2D eigenvalue weighted by Crippen LogP contribution is -2.09. The monoisotopic (exact) mass is 531 g/mol. The highest BCUT2D eigenvalue weighted by molar-refractivity contribution is 7.21. The maximum absolute atomic E-state index is 5.14. The molecular weight excluding hydrogens is 506 g/mol. The Kier molecular flexibility index (Phi) is 6.36. The van der Waals surface area contributed by atoms with E-state index in [1.54, 1.807) is 11.3 Å². The molecule has 0 bridgehead atoms. The summed E-state index contributed by atoms with van der Waals surface area (Å²) in [6, 6.07) is 52.6. The van der Waals surface area contributed by atoms with E-state index in [0.29, 0.717) is 0 Å². The van der Waals surface area contributed by atoms with Crippen LogP contribution in [0, 0.1) is 0 Å². The minimum atomic E-state index is 0.915. The van der Waals surface area contributed by atoms with Crippen LogP contribution in [0.1, 0.15) is 0 Å². The molecule has 0 N–H and O–H groups in total. The van der Waals surface area contributed by atoms with Crippen molar-refractivity contribution in [1.29, 1.82) is 0 Å². The Labute approximate surface area is 237 Å². The van der Waals surface area contributed by atoms with E-state index in [4.69, 9.17) is 9.97 Å². The molecule has 0 saturated carbocycles. The molecule has 3 nitrogen and oxygen atoms in total. The van der Waals surface area contributed by atoms with E-state index in [2.05, 4.69) is 132 Å². The molecule has 0 spiro atoms. The predicted molar refractivity (Wildman–Crippen MR) is 168 cm³/mol. The summed E-state index contributed by atoms with van der Waals surface area (Å²) < 4.78 is 0. The predicted octanol–water partition coefficient (Wildman–Crippen LogP) is 10.2. The molecule has 190 valence electrons. The average molecular weight is 532 g/mol. The molecule has 0 amide bonds. The highest BCUT2D eigenvalue weighted by atomic mass is 32.1. The average Bonchev–Trinajstić information content (AvgIpc) is 3.46. The molecule has 0 unspecified atom stereocenters. The number of hydrogen-bond acceptors (Lipinski definition) is 4. The van der Waals surface area contributed by atoms with Gasteiger partial charge in [-0.05, 0) is 60.2 Å². The van der Waals surface area contributed by atoms with Crippen molar-refractivity contribution in [3.05, 3.63) is 152 Å². The molecule has 0 fully saturated rings. The van der Waals surface area contributed by atoms with Crippen LogP contribution in [-0.2, 0) is 0 Å². The lowest BCUT2D eigenvalue weighted by Gasteiger charge is -2.25. The van der Waals surface area contributed by atoms with E-state index >= 15 is 0 Å². The van der Waals surface area contributed by atoms with E-state index in [9.17, 15) is 0 Å². The molecule has 7 rings (SSSR count). The Bertz CT molecular complexity index is 1750. The first-order chi connectivity index (χ1) is 19.8. The van der Waals surface area contributed by atoms with Crippen LogP contribution in [0.15, 0.2) is 152 Å². The number of hydrogen-bond donors (Lipinski definition) is 0. The van der Waals surface area contributed by atoms with Crippen molar-refractivity contribution in [1.82, 2.24) is 9.97 Å². The molecule has 0 atom stereocenters. The minimum absolute atomic E-state index is 0.915. The molecule has 0 aliphatic heterocycles. The summed E-state index contributed by atoms with van der Waals surface area (Å²) in [7, 11) is 0. The van der Waals surface area contributed by atoms with Crippen molar-refractivity contribution < 1.29 is 0 Å². The van der Waals surface area contributed by atoms with Crippen molar-refractivity contribution >= 4 is 38.7 Å². The molecule has 7 aromatic rings. The number of aromatic nitrogens is 2. The van der Waals surface area contributed by atoms with Crippen molar-refractivity contribution in [2.75, 3.05) is 4.90 Å². The summed E-state index contributed by atoms with van der Waals surface area (Å²) in [5, 5.41) is 0.962. The number of thiazole rings is 1. The smallest absolute Gasteiger partial charge is 0.144 e. The molecule has 4 heteroatoms. The lowest BCUT2D eigenvalue weighted by atomic mass is 9.99. The highest BCUT2D eigenvalue weighted by Gasteiger charge is 2.16. The number of nitrogens with zero attached hydrogens (tertiary/aromatic N) is 3. The Balaban J connectivity index is 1.29. The van der Waals surface area contributed by atoms with Crippen LogP contribution in [0.25, 0.3) is 43.3 Å². The molecule has 2 heterocycles. The van der Waals surface area contributed by atoms with Gasteiger partial charge in [-0.2, -0.15) is 0 Å². The third-order valence-corrected chi connectivity index (χ3v) is 7.93. The van der Waals surface area contributed by atoms with Gasteiger partial charge in [0.25, 0.3) is 0 Å². The van der Waals surface area contributed by atoms with Crippen LogP contribution in [0.2, 0.25) is 0 Å². The van der Waals surface area contributed by atoms with Crippen molar-refractivity contribution in [2.24, 2.45) is 0 Å². The largest absolute Gasteiger partial charge is 0.311 e. The van der Waals surface area contributed by atoms with Crippen LogP contribution in [-0.4, -0.2) is 9.97 Å². The maximum atomic E-state index is 5.14. The van der Waals surface area contributed by atoms with Crippen molar-refractivity contribution in [2.45, 2.75) is 0 Å². The number of para-hydroxylation sites is 2. The van der Waals surface area contributed by atoms with Gasteiger partial charge in [0.15, 0.2) is 0 Å². The lowest BCUT2D eigenvalue weighted by molar-refractivity contribution is 1.28. The second kappa shape index (κ2) is 10.6. The molecule has 0 aliphatic rings. The van der Waals surface area contributed by atoms with Crippen molar-refractivity contribution in [3.63, 3.8) is 0 Å². The second-order valence-corrected chi connectivity index (χ2v) is 10.5. The van der Waals surface area contributed by atoms with Gasteiger partial charge in [-0.15, -0.1) is 0 Å². The van der Waals surface area contributed by atoms with Crippen LogP contribution in [0.4, 0.5) is 17.1 Å². The third kappa shape index (κ3) is 4.66. The number of benzene rings is 5. The fourth-order valence-corrected chi connectivity index (χ4v) is 5.92. The van der Waals surface area contributed by atoms with Gasteiger partial charge in [0.05, 0.1) is 5.69 Å². The van der Waals surface area contributed by atoms with Gasteiger partial charge in [-0.3, -0.25) is 0 Å². The zero-order valence-corrected chi connectivity index (χ0v) is 22.5. The number of fused-ring (bicyclic) bond motifs is 1.